The molecule has 1 unspecified atom stereocenters. The molecule has 0 saturated carbocycles. The highest BCUT2D eigenvalue weighted by Crippen LogP contribution is 2.20. The van der Waals surface area contributed by atoms with E-state index in [0.717, 1.165) is 0 Å². The van der Waals surface area contributed by atoms with Gasteiger partial charge in [0.15, 0.2) is 3.79 Å². The van der Waals surface area contributed by atoms with Gasteiger partial charge in [0.05, 0.1) is 6.04 Å². The SMILES string of the molecule is CC[C@@](O)(CC(C)C)N[C@@H](C(=O)NC(CC(=O)I)C(C)C)C(C)C.I.[HH].[HH]. The van der Waals surface area contributed by atoms with Crippen molar-refractivity contribution in [1.82, 2.24) is 10.6 Å². The zero-order valence-corrected chi connectivity index (χ0v) is 21.0. The van der Waals surface area contributed by atoms with Crippen molar-refractivity contribution < 1.29 is 17.5 Å². The standard InChI is InChI=1S/C18H35IN2O3.HI.2H2/c1-8-18(24,10-11(2)3)21-16(13(6)7)17(23)20-14(12(4)5)9-15(19)22;;;/h11-14,16,21,24H,8-10H2,1-7H3,(H,20,23);3*1H/t14?,16-,18-;;;/m1.../s1. The van der Waals surface area contributed by atoms with Gasteiger partial charge < -0.3 is 10.4 Å². The van der Waals surface area contributed by atoms with Gasteiger partial charge in [0.25, 0.3) is 0 Å². The zero-order valence-electron chi connectivity index (χ0n) is 16.6. The summed E-state index contributed by atoms with van der Waals surface area (Å²) in [5, 5.41) is 17.0. The summed E-state index contributed by atoms with van der Waals surface area (Å²) in [4.78, 5) is 24.2. The van der Waals surface area contributed by atoms with Crippen LogP contribution in [0.4, 0.5) is 0 Å². The van der Waals surface area contributed by atoms with Gasteiger partial charge >= 0.3 is 0 Å². The summed E-state index contributed by atoms with van der Waals surface area (Å²) >= 11 is 1.76. The van der Waals surface area contributed by atoms with Crippen molar-refractivity contribution in [3.63, 3.8) is 0 Å². The van der Waals surface area contributed by atoms with Crippen molar-refractivity contribution in [3.8, 4) is 0 Å². The van der Waals surface area contributed by atoms with E-state index in [2.05, 4.69) is 10.6 Å². The Labute approximate surface area is 187 Å². The number of hydrogen-bond donors (Lipinski definition) is 3. The topological polar surface area (TPSA) is 78.4 Å². The summed E-state index contributed by atoms with van der Waals surface area (Å²) in [5.74, 6) is 0.356. The van der Waals surface area contributed by atoms with Gasteiger partial charge in [0.2, 0.25) is 5.91 Å². The molecule has 0 saturated heterocycles. The van der Waals surface area contributed by atoms with Gasteiger partial charge in [-0.1, -0.05) is 48.5 Å². The van der Waals surface area contributed by atoms with Crippen LogP contribution in [0.15, 0.2) is 0 Å². The number of rotatable bonds is 11. The maximum absolute atomic E-state index is 12.8. The molecule has 5 nitrogen and oxygen atoms in total. The third-order valence-electron chi connectivity index (χ3n) is 4.22. The van der Waals surface area contributed by atoms with E-state index in [-0.39, 0.29) is 54.4 Å². The highest BCUT2D eigenvalue weighted by Gasteiger charge is 2.34. The molecule has 7 heteroatoms. The fourth-order valence-corrected chi connectivity index (χ4v) is 3.18. The lowest BCUT2D eigenvalue weighted by molar-refractivity contribution is -0.129. The normalized spacial score (nSPS) is 16.3. The summed E-state index contributed by atoms with van der Waals surface area (Å²) in [5.41, 5.74) is -1.06. The largest absolute Gasteiger partial charge is 0.376 e. The number of aliphatic hydroxyl groups is 1. The maximum Gasteiger partial charge on any atom is 0.237 e. The van der Waals surface area contributed by atoms with Gasteiger partial charge in [-0.25, -0.2) is 0 Å². The molecule has 0 rings (SSSR count). The van der Waals surface area contributed by atoms with E-state index in [1.165, 1.54) is 0 Å². The molecule has 154 valence electrons. The summed E-state index contributed by atoms with van der Waals surface area (Å²) < 4.78 is 0.0329. The van der Waals surface area contributed by atoms with Gasteiger partial charge in [-0.2, -0.15) is 0 Å². The number of carbonyl (C=O) groups is 2. The lowest BCUT2D eigenvalue weighted by Gasteiger charge is -2.36. The second kappa shape index (κ2) is 12.8. The van der Waals surface area contributed by atoms with E-state index in [1.54, 1.807) is 22.6 Å². The van der Waals surface area contributed by atoms with Gasteiger partial charge in [-0.15, -0.1) is 24.0 Å². The van der Waals surface area contributed by atoms with Gasteiger partial charge in [-0.05, 0) is 53.2 Å². The molecular formula is C18H40I2N2O3. The molecule has 0 aromatic heterocycles. The summed E-state index contributed by atoms with van der Waals surface area (Å²) in [6, 6.07) is -0.691. The van der Waals surface area contributed by atoms with Crippen LogP contribution < -0.4 is 10.6 Å². The van der Waals surface area contributed by atoms with Crippen molar-refractivity contribution >= 4 is 56.3 Å². The number of halogens is 2. The van der Waals surface area contributed by atoms with Gasteiger partial charge in [-0.3, -0.25) is 14.9 Å². The highest BCUT2D eigenvalue weighted by atomic mass is 127. The van der Waals surface area contributed by atoms with E-state index < -0.39 is 11.8 Å². The van der Waals surface area contributed by atoms with Crippen molar-refractivity contribution in [2.24, 2.45) is 17.8 Å². The van der Waals surface area contributed by atoms with Crippen LogP contribution in [0.25, 0.3) is 0 Å². The monoisotopic (exact) mass is 586 g/mol. The Morgan fingerprint density at radius 1 is 1.12 bits per heavy atom. The quantitative estimate of drug-likeness (QED) is 0.191. The van der Waals surface area contributed by atoms with Crippen molar-refractivity contribution in [1.29, 1.82) is 0 Å². The van der Waals surface area contributed by atoms with Gasteiger partial charge in [0.1, 0.15) is 5.72 Å². The van der Waals surface area contributed by atoms with Crippen molar-refractivity contribution in [2.75, 3.05) is 0 Å². The molecule has 1 amide bonds. The first-order valence-corrected chi connectivity index (χ1v) is 9.98. The molecule has 0 aliphatic heterocycles. The predicted molar refractivity (Wildman–Crippen MR) is 127 cm³/mol. The molecule has 3 N–H and O–H groups in total. The first-order chi connectivity index (χ1) is 10.9. The smallest absolute Gasteiger partial charge is 0.237 e. The van der Waals surface area contributed by atoms with Crippen LogP contribution >= 0.6 is 46.6 Å². The highest BCUT2D eigenvalue weighted by molar-refractivity contribution is 14.1. The van der Waals surface area contributed by atoms with Crippen LogP contribution in [0, 0.1) is 17.8 Å². The number of carbonyl (C=O) groups excluding carboxylic acids is 2. The van der Waals surface area contributed by atoms with Crippen LogP contribution in [0.1, 0.15) is 70.6 Å². The molecule has 0 aliphatic carbocycles. The molecule has 3 atom stereocenters. The third-order valence-corrected chi connectivity index (χ3v) is 4.66. The Hall–Kier alpha value is 0.520. The predicted octanol–water partition coefficient (Wildman–Crippen LogP) is 4.35. The molecule has 0 aromatic carbocycles. The zero-order chi connectivity index (χ0) is 19.1. The Kier molecular flexibility index (Phi) is 14.2. The number of amides is 1. The summed E-state index contributed by atoms with van der Waals surface area (Å²) in [6.07, 6.45) is 1.43. The van der Waals surface area contributed by atoms with Crippen LogP contribution in [0.5, 0.6) is 0 Å². The average molecular weight is 586 g/mol. The molecule has 0 fully saturated rings. The molecular weight excluding hydrogens is 546 g/mol. The molecule has 0 radical (unpaired) electrons. The second-order valence-corrected chi connectivity index (χ2v) is 8.97. The van der Waals surface area contributed by atoms with E-state index in [4.69, 9.17) is 0 Å². The molecule has 0 heterocycles. The first kappa shape index (κ1) is 27.7. The minimum absolute atomic E-state index is 0. The van der Waals surface area contributed by atoms with Crippen LogP contribution in [-0.4, -0.2) is 32.6 Å². The molecule has 0 aromatic rings. The Morgan fingerprint density at radius 2 is 1.64 bits per heavy atom. The fraction of sp³-hybridized carbons (Fsp3) is 0.889. The molecule has 0 bridgehead atoms. The average Bonchev–Trinajstić information content (AvgIpc) is 2.42. The van der Waals surface area contributed by atoms with E-state index in [9.17, 15) is 14.7 Å². The minimum Gasteiger partial charge on any atom is -0.376 e. The Bertz CT molecular complexity index is 427. The number of nitrogens with one attached hydrogen (secondary N) is 2. The summed E-state index contributed by atoms with van der Waals surface area (Å²) in [7, 11) is 0. The van der Waals surface area contributed by atoms with Crippen LogP contribution in [0.2, 0.25) is 0 Å². The van der Waals surface area contributed by atoms with Crippen LogP contribution in [-0.2, 0) is 9.59 Å². The molecule has 0 spiro atoms. The fourth-order valence-electron chi connectivity index (χ4n) is 2.70. The summed E-state index contributed by atoms with van der Waals surface area (Å²) in [6.45, 7) is 13.9. The Morgan fingerprint density at radius 3 is 1.96 bits per heavy atom. The van der Waals surface area contributed by atoms with Crippen molar-refractivity contribution in [2.45, 2.75) is 85.5 Å². The van der Waals surface area contributed by atoms with E-state index >= 15 is 0 Å². The second-order valence-electron chi connectivity index (χ2n) is 7.77. The van der Waals surface area contributed by atoms with E-state index in [0.29, 0.717) is 25.2 Å². The van der Waals surface area contributed by atoms with Crippen LogP contribution in [0.3, 0.4) is 0 Å². The van der Waals surface area contributed by atoms with Crippen molar-refractivity contribution in [3.05, 3.63) is 0 Å². The minimum atomic E-state index is -1.06. The molecule has 0 aliphatic rings. The third kappa shape index (κ3) is 11.1. The maximum atomic E-state index is 12.8. The lowest BCUT2D eigenvalue weighted by Crippen LogP contribution is -2.59. The Balaban J connectivity index is -0.000000882. The van der Waals surface area contributed by atoms with Gasteiger partial charge in [0, 0.05) is 15.3 Å². The van der Waals surface area contributed by atoms with E-state index in [1.807, 2.05) is 48.5 Å². The first-order valence-electron chi connectivity index (χ1n) is 8.90. The molecule has 25 heavy (non-hydrogen) atoms. The lowest BCUT2D eigenvalue weighted by atomic mass is 9.93. The number of hydrogen-bond acceptors (Lipinski definition) is 4.